The Morgan fingerprint density at radius 1 is 1.29 bits per heavy atom. The van der Waals surface area contributed by atoms with Crippen LogP contribution in [0.3, 0.4) is 0 Å². The zero-order chi connectivity index (χ0) is 14.5. The van der Waals surface area contributed by atoms with Crippen molar-refractivity contribution in [2.24, 2.45) is 5.92 Å². The monoisotopic (exact) mass is 289 g/mol. The zero-order valence-corrected chi connectivity index (χ0v) is 12.4. The standard InChI is InChI=1S/C16H23N3O2/c20-16(11-13-5-2-1-3-6-13)19-10-8-14(12-19)21-15-7-4-9-17-18-15/h4,7,9,13-14H,1-3,5-6,8,10-12H2/t14-/m0/s1. The van der Waals surface area contributed by atoms with Crippen LogP contribution in [0.1, 0.15) is 44.9 Å². The Labute approximate surface area is 125 Å². The predicted octanol–water partition coefficient (Wildman–Crippen LogP) is 2.43. The summed E-state index contributed by atoms with van der Waals surface area (Å²) < 4.78 is 5.78. The quantitative estimate of drug-likeness (QED) is 0.854. The van der Waals surface area contributed by atoms with Gasteiger partial charge >= 0.3 is 0 Å². The van der Waals surface area contributed by atoms with E-state index >= 15 is 0 Å². The van der Waals surface area contributed by atoms with E-state index in [0.29, 0.717) is 24.2 Å². The molecule has 21 heavy (non-hydrogen) atoms. The van der Waals surface area contributed by atoms with Gasteiger partial charge in [-0.2, -0.15) is 5.10 Å². The summed E-state index contributed by atoms with van der Waals surface area (Å²) >= 11 is 0. The van der Waals surface area contributed by atoms with E-state index in [2.05, 4.69) is 10.2 Å². The van der Waals surface area contributed by atoms with Crippen molar-refractivity contribution in [1.82, 2.24) is 15.1 Å². The molecule has 0 aromatic carbocycles. The van der Waals surface area contributed by atoms with Crippen LogP contribution in [0.5, 0.6) is 5.88 Å². The number of nitrogens with zero attached hydrogens (tertiary/aromatic N) is 3. The minimum absolute atomic E-state index is 0.0528. The van der Waals surface area contributed by atoms with Crippen LogP contribution < -0.4 is 4.74 Å². The molecule has 0 spiro atoms. The molecule has 1 amide bonds. The second kappa shape index (κ2) is 6.87. The highest BCUT2D eigenvalue weighted by Gasteiger charge is 2.29. The lowest BCUT2D eigenvalue weighted by atomic mass is 9.87. The fraction of sp³-hybridized carbons (Fsp3) is 0.688. The predicted molar refractivity (Wildman–Crippen MR) is 78.8 cm³/mol. The maximum absolute atomic E-state index is 12.4. The second-order valence-electron chi connectivity index (χ2n) is 6.14. The molecule has 1 saturated heterocycles. The molecule has 3 rings (SSSR count). The number of carbonyl (C=O) groups excluding carboxylic acids is 1. The topological polar surface area (TPSA) is 55.3 Å². The van der Waals surface area contributed by atoms with Gasteiger partial charge in [0.1, 0.15) is 6.10 Å². The van der Waals surface area contributed by atoms with Crippen molar-refractivity contribution in [3.05, 3.63) is 18.3 Å². The Bertz CT molecular complexity index is 460. The molecule has 1 aromatic rings. The molecule has 114 valence electrons. The highest BCUT2D eigenvalue weighted by molar-refractivity contribution is 5.76. The van der Waals surface area contributed by atoms with Gasteiger partial charge in [0.15, 0.2) is 0 Å². The normalized spacial score (nSPS) is 23.2. The minimum atomic E-state index is 0.0528. The SMILES string of the molecule is O=C(CC1CCCCC1)N1CC[C@H](Oc2cccnn2)C1. The number of hydrogen-bond donors (Lipinski definition) is 0. The number of hydrogen-bond acceptors (Lipinski definition) is 4. The summed E-state index contributed by atoms with van der Waals surface area (Å²) in [6.07, 6.45) is 9.64. The molecule has 0 bridgehead atoms. The number of amides is 1. The van der Waals surface area contributed by atoms with Gasteiger partial charge in [0.2, 0.25) is 11.8 Å². The molecule has 1 aromatic heterocycles. The summed E-state index contributed by atoms with van der Waals surface area (Å²) in [5.41, 5.74) is 0. The molecular weight excluding hydrogens is 266 g/mol. The maximum Gasteiger partial charge on any atom is 0.233 e. The molecule has 1 aliphatic carbocycles. The van der Waals surface area contributed by atoms with Crippen LogP contribution in [0.4, 0.5) is 0 Å². The van der Waals surface area contributed by atoms with Crippen LogP contribution in [0.25, 0.3) is 0 Å². The van der Waals surface area contributed by atoms with E-state index in [9.17, 15) is 4.79 Å². The van der Waals surface area contributed by atoms with Crippen molar-refractivity contribution in [2.75, 3.05) is 13.1 Å². The van der Waals surface area contributed by atoms with Gasteiger partial charge in [-0.05, 0) is 24.8 Å². The van der Waals surface area contributed by atoms with Crippen molar-refractivity contribution in [3.8, 4) is 5.88 Å². The van der Waals surface area contributed by atoms with E-state index in [1.54, 1.807) is 12.3 Å². The first kappa shape index (κ1) is 14.3. The van der Waals surface area contributed by atoms with Gasteiger partial charge < -0.3 is 9.64 Å². The molecule has 5 heteroatoms. The molecular formula is C16H23N3O2. The average molecular weight is 289 g/mol. The Kier molecular flexibility index (Phi) is 4.68. The smallest absolute Gasteiger partial charge is 0.233 e. The third-order valence-corrected chi connectivity index (χ3v) is 4.52. The molecule has 0 unspecified atom stereocenters. The molecule has 1 atom stereocenters. The molecule has 0 radical (unpaired) electrons. The van der Waals surface area contributed by atoms with Crippen molar-refractivity contribution < 1.29 is 9.53 Å². The Balaban J connectivity index is 1.46. The van der Waals surface area contributed by atoms with E-state index < -0.39 is 0 Å². The summed E-state index contributed by atoms with van der Waals surface area (Å²) in [6, 6.07) is 3.61. The summed E-state index contributed by atoms with van der Waals surface area (Å²) in [6.45, 7) is 1.48. The fourth-order valence-corrected chi connectivity index (χ4v) is 3.34. The van der Waals surface area contributed by atoms with Crippen molar-refractivity contribution >= 4 is 5.91 Å². The van der Waals surface area contributed by atoms with Gasteiger partial charge in [0.05, 0.1) is 6.54 Å². The average Bonchev–Trinajstić information content (AvgIpc) is 2.98. The molecule has 1 aliphatic heterocycles. The van der Waals surface area contributed by atoms with Crippen LogP contribution in [0.2, 0.25) is 0 Å². The van der Waals surface area contributed by atoms with Crippen molar-refractivity contribution in [2.45, 2.75) is 51.0 Å². The third kappa shape index (κ3) is 3.93. The van der Waals surface area contributed by atoms with Gasteiger partial charge in [0.25, 0.3) is 0 Å². The number of aromatic nitrogens is 2. The zero-order valence-electron chi connectivity index (χ0n) is 12.4. The van der Waals surface area contributed by atoms with Crippen molar-refractivity contribution in [3.63, 3.8) is 0 Å². The molecule has 1 saturated carbocycles. The summed E-state index contributed by atoms with van der Waals surface area (Å²) in [7, 11) is 0. The number of ether oxygens (including phenoxy) is 1. The first-order valence-corrected chi connectivity index (χ1v) is 8.03. The van der Waals surface area contributed by atoms with Crippen LogP contribution in [-0.2, 0) is 4.79 Å². The molecule has 2 heterocycles. The third-order valence-electron chi connectivity index (χ3n) is 4.52. The first-order chi connectivity index (χ1) is 10.3. The largest absolute Gasteiger partial charge is 0.471 e. The Morgan fingerprint density at radius 2 is 2.14 bits per heavy atom. The van der Waals surface area contributed by atoms with Gasteiger partial charge in [-0.25, -0.2) is 0 Å². The summed E-state index contributed by atoms with van der Waals surface area (Å²) in [4.78, 5) is 14.3. The van der Waals surface area contributed by atoms with E-state index in [1.807, 2.05) is 11.0 Å². The maximum atomic E-state index is 12.4. The molecule has 2 aliphatic rings. The minimum Gasteiger partial charge on any atom is -0.471 e. The van der Waals surface area contributed by atoms with Gasteiger partial charge in [-0.1, -0.05) is 19.3 Å². The van der Waals surface area contributed by atoms with E-state index in [1.165, 1.54) is 32.1 Å². The van der Waals surface area contributed by atoms with E-state index in [0.717, 1.165) is 19.4 Å². The molecule has 0 N–H and O–H groups in total. The van der Waals surface area contributed by atoms with E-state index in [-0.39, 0.29) is 6.10 Å². The number of likely N-dealkylation sites (tertiary alicyclic amines) is 1. The summed E-state index contributed by atoms with van der Waals surface area (Å²) in [5.74, 6) is 1.45. The second-order valence-corrected chi connectivity index (χ2v) is 6.14. The van der Waals surface area contributed by atoms with E-state index in [4.69, 9.17) is 4.74 Å². The van der Waals surface area contributed by atoms with Gasteiger partial charge in [0, 0.05) is 31.6 Å². The van der Waals surface area contributed by atoms with Gasteiger partial charge in [-0.3, -0.25) is 4.79 Å². The Hall–Kier alpha value is -1.65. The lowest BCUT2D eigenvalue weighted by molar-refractivity contribution is -0.131. The van der Waals surface area contributed by atoms with Crippen LogP contribution >= 0.6 is 0 Å². The van der Waals surface area contributed by atoms with Crippen LogP contribution in [0.15, 0.2) is 18.3 Å². The molecule has 2 fully saturated rings. The molecule has 5 nitrogen and oxygen atoms in total. The lowest BCUT2D eigenvalue weighted by Crippen LogP contribution is -2.32. The van der Waals surface area contributed by atoms with Crippen molar-refractivity contribution in [1.29, 1.82) is 0 Å². The van der Waals surface area contributed by atoms with Crippen LogP contribution in [-0.4, -0.2) is 40.2 Å². The Morgan fingerprint density at radius 3 is 2.90 bits per heavy atom. The van der Waals surface area contributed by atoms with Crippen LogP contribution in [0, 0.1) is 5.92 Å². The van der Waals surface area contributed by atoms with Gasteiger partial charge in [-0.15, -0.1) is 5.10 Å². The summed E-state index contributed by atoms with van der Waals surface area (Å²) in [5, 5.41) is 7.73. The number of carbonyl (C=O) groups is 1. The lowest BCUT2D eigenvalue weighted by Gasteiger charge is -2.24. The fourth-order valence-electron chi connectivity index (χ4n) is 3.34. The highest BCUT2D eigenvalue weighted by atomic mass is 16.5. The number of rotatable bonds is 4. The highest BCUT2D eigenvalue weighted by Crippen LogP contribution is 2.27. The first-order valence-electron chi connectivity index (χ1n) is 8.03.